The summed E-state index contributed by atoms with van der Waals surface area (Å²) in [4.78, 5) is 14.7. The fourth-order valence-electron chi connectivity index (χ4n) is 3.16. The maximum Gasteiger partial charge on any atom is 0.273 e. The van der Waals surface area contributed by atoms with Crippen LogP contribution in [0.3, 0.4) is 0 Å². The highest BCUT2D eigenvalue weighted by atomic mass is 16.5. The van der Waals surface area contributed by atoms with Gasteiger partial charge in [-0.25, -0.2) is 4.68 Å². The Kier molecular flexibility index (Phi) is 5.47. The molecule has 0 bridgehead atoms. The number of aromatic nitrogens is 3. The molecule has 0 aromatic carbocycles. The summed E-state index contributed by atoms with van der Waals surface area (Å²) in [6.45, 7) is 9.55. The second-order valence-corrected chi connectivity index (χ2v) is 7.06. The average Bonchev–Trinajstić information content (AvgIpc) is 3.26. The minimum atomic E-state index is -0.185. The van der Waals surface area contributed by atoms with Crippen LogP contribution in [0.1, 0.15) is 37.2 Å². The summed E-state index contributed by atoms with van der Waals surface area (Å²) in [5, 5.41) is 11.0. The van der Waals surface area contributed by atoms with Gasteiger partial charge < -0.3 is 14.8 Å². The van der Waals surface area contributed by atoms with Crippen LogP contribution in [0.2, 0.25) is 0 Å². The standard InChI is InChI=1S/C16H27N5O3/c1-16(2,20-5-8-23-9-6-20)12-17-15(22)14-11-21(19-18-14)10-13-4-3-7-24-13/h11,13H,3-10,12H2,1-2H3,(H,17,22)/t13-/m1/s1. The Morgan fingerprint density at radius 2 is 2.17 bits per heavy atom. The zero-order chi connectivity index (χ0) is 17.0. The topological polar surface area (TPSA) is 81.5 Å². The second-order valence-electron chi connectivity index (χ2n) is 7.06. The Bertz CT molecular complexity index is 548. The molecule has 1 atom stereocenters. The first-order valence-corrected chi connectivity index (χ1v) is 8.67. The third kappa shape index (κ3) is 4.31. The summed E-state index contributed by atoms with van der Waals surface area (Å²) in [5.74, 6) is -0.185. The summed E-state index contributed by atoms with van der Waals surface area (Å²) in [6, 6.07) is 0. The Balaban J connectivity index is 1.50. The van der Waals surface area contributed by atoms with E-state index in [1.165, 1.54) is 0 Å². The lowest BCUT2D eigenvalue weighted by atomic mass is 10.0. The zero-order valence-electron chi connectivity index (χ0n) is 14.5. The number of ether oxygens (including phenoxy) is 2. The van der Waals surface area contributed by atoms with Crippen molar-refractivity contribution in [1.29, 1.82) is 0 Å². The number of morpholine rings is 1. The van der Waals surface area contributed by atoms with E-state index in [9.17, 15) is 4.79 Å². The van der Waals surface area contributed by atoms with Gasteiger partial charge in [-0.1, -0.05) is 5.21 Å². The molecule has 2 aliphatic rings. The normalized spacial score (nSPS) is 22.7. The largest absolute Gasteiger partial charge is 0.379 e. The smallest absolute Gasteiger partial charge is 0.273 e. The highest BCUT2D eigenvalue weighted by Gasteiger charge is 2.29. The van der Waals surface area contributed by atoms with Crippen LogP contribution in [0, 0.1) is 0 Å². The summed E-state index contributed by atoms with van der Waals surface area (Å²) in [6.07, 6.45) is 4.00. The molecule has 1 aromatic rings. The lowest BCUT2D eigenvalue weighted by Crippen LogP contribution is -2.55. The molecule has 134 valence electrons. The van der Waals surface area contributed by atoms with Crippen LogP contribution in [-0.2, 0) is 16.0 Å². The first-order chi connectivity index (χ1) is 11.5. The van der Waals surface area contributed by atoms with Crippen molar-refractivity contribution in [2.45, 2.75) is 44.9 Å². The number of nitrogens with zero attached hydrogens (tertiary/aromatic N) is 4. The Morgan fingerprint density at radius 1 is 1.38 bits per heavy atom. The van der Waals surface area contributed by atoms with Crippen LogP contribution < -0.4 is 5.32 Å². The maximum absolute atomic E-state index is 12.3. The number of nitrogens with one attached hydrogen (secondary N) is 1. The van der Waals surface area contributed by atoms with E-state index in [2.05, 4.69) is 34.4 Å². The third-order valence-electron chi connectivity index (χ3n) is 4.73. The van der Waals surface area contributed by atoms with E-state index in [4.69, 9.17) is 9.47 Å². The van der Waals surface area contributed by atoms with E-state index in [-0.39, 0.29) is 17.6 Å². The van der Waals surface area contributed by atoms with E-state index >= 15 is 0 Å². The Hall–Kier alpha value is -1.51. The molecule has 0 aliphatic carbocycles. The number of hydrogen-bond donors (Lipinski definition) is 1. The van der Waals surface area contributed by atoms with Crippen molar-refractivity contribution in [2.24, 2.45) is 0 Å². The van der Waals surface area contributed by atoms with Crippen LogP contribution in [0.5, 0.6) is 0 Å². The van der Waals surface area contributed by atoms with Crippen molar-refractivity contribution >= 4 is 5.91 Å². The van der Waals surface area contributed by atoms with Gasteiger partial charge in [0.15, 0.2) is 5.69 Å². The summed E-state index contributed by atoms with van der Waals surface area (Å²) >= 11 is 0. The number of carbonyl (C=O) groups is 1. The molecule has 8 nitrogen and oxygen atoms in total. The molecule has 0 saturated carbocycles. The van der Waals surface area contributed by atoms with E-state index in [0.29, 0.717) is 18.8 Å². The summed E-state index contributed by atoms with van der Waals surface area (Å²) < 4.78 is 12.7. The van der Waals surface area contributed by atoms with Gasteiger partial charge in [0.05, 0.1) is 32.1 Å². The van der Waals surface area contributed by atoms with Gasteiger partial charge in [-0.15, -0.1) is 5.10 Å². The second kappa shape index (κ2) is 7.58. The van der Waals surface area contributed by atoms with E-state index in [1.54, 1.807) is 10.9 Å². The minimum Gasteiger partial charge on any atom is -0.379 e. The fraction of sp³-hybridized carbons (Fsp3) is 0.812. The average molecular weight is 337 g/mol. The highest BCUT2D eigenvalue weighted by Crippen LogP contribution is 2.16. The Labute approximate surface area is 142 Å². The van der Waals surface area contributed by atoms with Gasteiger partial charge in [-0.3, -0.25) is 9.69 Å². The van der Waals surface area contributed by atoms with Gasteiger partial charge in [0.2, 0.25) is 0 Å². The third-order valence-corrected chi connectivity index (χ3v) is 4.73. The van der Waals surface area contributed by atoms with Crippen molar-refractivity contribution < 1.29 is 14.3 Å². The predicted molar refractivity (Wildman–Crippen MR) is 87.8 cm³/mol. The molecule has 3 heterocycles. The predicted octanol–water partition coefficient (Wildman–Crippen LogP) is 0.298. The SMILES string of the molecule is CC(C)(CNC(=O)c1cn(C[C@H]2CCCO2)nn1)N1CCOCC1. The first-order valence-electron chi connectivity index (χ1n) is 8.67. The van der Waals surface area contributed by atoms with Crippen molar-refractivity contribution in [3.8, 4) is 0 Å². The van der Waals surface area contributed by atoms with Gasteiger partial charge in [0.25, 0.3) is 5.91 Å². The van der Waals surface area contributed by atoms with Gasteiger partial charge in [-0.2, -0.15) is 0 Å². The van der Waals surface area contributed by atoms with E-state index in [1.807, 2.05) is 0 Å². The maximum atomic E-state index is 12.3. The molecule has 1 amide bonds. The van der Waals surface area contributed by atoms with E-state index in [0.717, 1.165) is 45.8 Å². The summed E-state index contributed by atoms with van der Waals surface area (Å²) in [7, 11) is 0. The number of rotatable bonds is 6. The zero-order valence-corrected chi connectivity index (χ0v) is 14.5. The molecule has 0 radical (unpaired) electrons. The molecule has 3 rings (SSSR count). The molecule has 24 heavy (non-hydrogen) atoms. The van der Waals surface area contributed by atoms with Crippen molar-refractivity contribution in [2.75, 3.05) is 39.5 Å². The van der Waals surface area contributed by atoms with Crippen LogP contribution in [0.4, 0.5) is 0 Å². The van der Waals surface area contributed by atoms with E-state index < -0.39 is 0 Å². The molecular formula is C16H27N5O3. The van der Waals surface area contributed by atoms with Gasteiger partial charge in [-0.05, 0) is 26.7 Å². The van der Waals surface area contributed by atoms with Crippen LogP contribution in [0.15, 0.2) is 6.20 Å². The number of carbonyl (C=O) groups excluding carboxylic acids is 1. The van der Waals surface area contributed by atoms with Crippen molar-refractivity contribution in [3.05, 3.63) is 11.9 Å². The highest BCUT2D eigenvalue weighted by molar-refractivity contribution is 5.91. The first kappa shape index (κ1) is 17.3. The number of amides is 1. The molecule has 2 aliphatic heterocycles. The summed E-state index contributed by atoms with van der Waals surface area (Å²) in [5.41, 5.74) is 0.235. The quantitative estimate of drug-likeness (QED) is 0.804. The van der Waals surface area contributed by atoms with Crippen LogP contribution in [0.25, 0.3) is 0 Å². The minimum absolute atomic E-state index is 0.118. The van der Waals surface area contributed by atoms with Crippen molar-refractivity contribution in [3.63, 3.8) is 0 Å². The number of hydrogen-bond acceptors (Lipinski definition) is 6. The fourth-order valence-corrected chi connectivity index (χ4v) is 3.16. The van der Waals surface area contributed by atoms with Gasteiger partial charge in [0.1, 0.15) is 0 Å². The van der Waals surface area contributed by atoms with Crippen LogP contribution >= 0.6 is 0 Å². The van der Waals surface area contributed by atoms with Gasteiger partial charge >= 0.3 is 0 Å². The molecule has 8 heteroatoms. The Morgan fingerprint density at radius 3 is 2.88 bits per heavy atom. The van der Waals surface area contributed by atoms with Crippen molar-refractivity contribution in [1.82, 2.24) is 25.2 Å². The molecule has 2 saturated heterocycles. The molecule has 1 N–H and O–H groups in total. The monoisotopic (exact) mass is 337 g/mol. The molecule has 0 unspecified atom stereocenters. The van der Waals surface area contributed by atoms with Crippen LogP contribution in [-0.4, -0.2) is 76.9 Å². The molecule has 0 spiro atoms. The molecular weight excluding hydrogens is 310 g/mol. The molecule has 2 fully saturated rings. The lowest BCUT2D eigenvalue weighted by molar-refractivity contribution is -0.00924. The lowest BCUT2D eigenvalue weighted by Gasteiger charge is -2.40. The molecule has 1 aromatic heterocycles. The van der Waals surface area contributed by atoms with Gasteiger partial charge in [0, 0.05) is 31.8 Å².